The van der Waals surface area contributed by atoms with Gasteiger partial charge in [-0.15, -0.1) is 0 Å². The van der Waals surface area contributed by atoms with Crippen LogP contribution in [-0.2, 0) is 30.9 Å². The van der Waals surface area contributed by atoms with Gasteiger partial charge in [-0.2, -0.15) is 0 Å². The zero-order valence-corrected chi connectivity index (χ0v) is 17.6. The van der Waals surface area contributed by atoms with E-state index in [0.717, 1.165) is 31.2 Å². The van der Waals surface area contributed by atoms with Gasteiger partial charge in [-0.3, -0.25) is 13.8 Å². The van der Waals surface area contributed by atoms with Crippen LogP contribution in [-0.4, -0.2) is 52.0 Å². The van der Waals surface area contributed by atoms with Crippen molar-refractivity contribution in [1.29, 1.82) is 0 Å². The molecule has 0 radical (unpaired) electrons. The summed E-state index contributed by atoms with van der Waals surface area (Å²) in [6, 6.07) is 7.92. The van der Waals surface area contributed by atoms with Gasteiger partial charge in [0.2, 0.25) is 11.8 Å². The molecule has 1 aromatic carbocycles. The Balaban J connectivity index is 1.33. The predicted octanol–water partition coefficient (Wildman–Crippen LogP) is 2.84. The molecule has 0 aromatic heterocycles. The Kier molecular flexibility index (Phi) is 6.65. The number of nitrogens with one attached hydrogen (secondary N) is 1. The second-order valence-corrected chi connectivity index (χ2v) is 10.1. The maximum atomic E-state index is 12.7. The number of carbonyl (C=O) groups is 2. The lowest BCUT2D eigenvalue weighted by Gasteiger charge is -2.23. The lowest BCUT2D eigenvalue weighted by Crippen LogP contribution is -2.35. The molecule has 158 valence electrons. The molecule has 4 rings (SSSR count). The normalized spacial score (nSPS) is 24.8. The highest BCUT2D eigenvalue weighted by atomic mass is 32.2. The molecule has 2 unspecified atom stereocenters. The molecule has 3 fully saturated rings. The minimum absolute atomic E-state index is 0.0958. The summed E-state index contributed by atoms with van der Waals surface area (Å²) in [4.78, 5) is 27.0. The van der Waals surface area contributed by atoms with E-state index in [1.54, 1.807) is 0 Å². The molecule has 1 aliphatic carbocycles. The molecule has 1 N–H and O–H groups in total. The fraction of sp³-hybridized carbons (Fsp3) is 0.636. The molecule has 2 saturated heterocycles. The van der Waals surface area contributed by atoms with E-state index in [9.17, 15) is 13.8 Å². The topological polar surface area (TPSA) is 75.7 Å². The minimum Gasteiger partial charge on any atom is -0.381 e. The van der Waals surface area contributed by atoms with Crippen molar-refractivity contribution >= 4 is 28.3 Å². The van der Waals surface area contributed by atoms with Gasteiger partial charge >= 0.3 is 0 Å². The largest absolute Gasteiger partial charge is 0.381 e. The van der Waals surface area contributed by atoms with Crippen LogP contribution in [0.25, 0.3) is 0 Å². The van der Waals surface area contributed by atoms with E-state index >= 15 is 0 Å². The van der Waals surface area contributed by atoms with Gasteiger partial charge < -0.3 is 15.0 Å². The van der Waals surface area contributed by atoms with Crippen molar-refractivity contribution in [2.24, 2.45) is 5.92 Å². The van der Waals surface area contributed by atoms with Crippen LogP contribution >= 0.6 is 0 Å². The first-order chi connectivity index (χ1) is 14.1. The first-order valence-corrected chi connectivity index (χ1v) is 12.1. The number of carbonyl (C=O) groups excluding carboxylic acids is 2. The zero-order chi connectivity index (χ0) is 20.2. The highest BCUT2D eigenvalue weighted by Crippen LogP contribution is 2.30. The third kappa shape index (κ3) is 5.07. The van der Waals surface area contributed by atoms with E-state index in [2.05, 4.69) is 5.32 Å². The van der Waals surface area contributed by atoms with Crippen LogP contribution in [0.1, 0.15) is 50.5 Å². The van der Waals surface area contributed by atoms with Crippen LogP contribution in [0.2, 0.25) is 0 Å². The monoisotopic (exact) mass is 418 g/mol. The minimum atomic E-state index is -0.936. The Labute approximate surface area is 174 Å². The molecule has 1 aromatic rings. The summed E-state index contributed by atoms with van der Waals surface area (Å²) in [5.74, 6) is 0.216. The summed E-state index contributed by atoms with van der Waals surface area (Å²) in [6.45, 7) is 1.90. The van der Waals surface area contributed by atoms with Gasteiger partial charge in [0, 0.05) is 59.7 Å². The molecule has 0 bridgehead atoms. The van der Waals surface area contributed by atoms with E-state index in [4.69, 9.17) is 4.74 Å². The van der Waals surface area contributed by atoms with Crippen LogP contribution < -0.4 is 5.32 Å². The first kappa shape index (κ1) is 20.5. The summed E-state index contributed by atoms with van der Waals surface area (Å²) in [7, 11) is -0.936. The molecule has 7 heteroatoms. The van der Waals surface area contributed by atoms with Gasteiger partial charge in [0.1, 0.15) is 0 Å². The number of rotatable bonds is 6. The van der Waals surface area contributed by atoms with Gasteiger partial charge in [-0.1, -0.05) is 25.0 Å². The highest BCUT2D eigenvalue weighted by molar-refractivity contribution is 7.84. The SMILES string of the molecule is O=C(Nc1cccc(CS(=O)C2CCOCC2)c1)C1CC(=O)N(C2CCCC2)C1. The van der Waals surface area contributed by atoms with Crippen molar-refractivity contribution in [3.63, 3.8) is 0 Å². The number of nitrogens with zero attached hydrogens (tertiary/aromatic N) is 1. The van der Waals surface area contributed by atoms with Crippen molar-refractivity contribution in [2.45, 2.75) is 62.0 Å². The average Bonchev–Trinajstić information content (AvgIpc) is 3.38. The Morgan fingerprint density at radius 2 is 1.93 bits per heavy atom. The number of likely N-dealkylation sites (tertiary alicyclic amines) is 1. The van der Waals surface area contributed by atoms with E-state index in [1.807, 2.05) is 29.2 Å². The number of benzene rings is 1. The quantitative estimate of drug-likeness (QED) is 0.771. The fourth-order valence-corrected chi connectivity index (χ4v) is 6.14. The van der Waals surface area contributed by atoms with Crippen molar-refractivity contribution in [3.05, 3.63) is 29.8 Å². The van der Waals surface area contributed by atoms with E-state index in [-0.39, 0.29) is 23.0 Å². The van der Waals surface area contributed by atoms with Gasteiger partial charge in [0.05, 0.1) is 5.92 Å². The van der Waals surface area contributed by atoms with Gasteiger partial charge in [-0.25, -0.2) is 0 Å². The Bertz CT molecular complexity index is 772. The molecule has 6 nitrogen and oxygen atoms in total. The van der Waals surface area contributed by atoms with Crippen LogP contribution in [0.4, 0.5) is 5.69 Å². The summed E-state index contributed by atoms with van der Waals surface area (Å²) in [5, 5.41) is 3.16. The summed E-state index contributed by atoms with van der Waals surface area (Å²) >= 11 is 0. The number of ether oxygens (including phenoxy) is 1. The maximum absolute atomic E-state index is 12.7. The summed E-state index contributed by atoms with van der Waals surface area (Å²) in [6.07, 6.45) is 6.46. The van der Waals surface area contributed by atoms with Crippen molar-refractivity contribution in [3.8, 4) is 0 Å². The van der Waals surface area contributed by atoms with Crippen LogP contribution in [0.3, 0.4) is 0 Å². The Morgan fingerprint density at radius 3 is 2.69 bits per heavy atom. The van der Waals surface area contributed by atoms with Crippen LogP contribution in [0.5, 0.6) is 0 Å². The standard InChI is InChI=1S/C22H30N2O4S/c25-21-13-17(14-24(21)19-6-1-2-7-19)22(26)23-18-5-3-4-16(12-18)15-29(27)20-8-10-28-11-9-20/h3-5,12,17,19-20H,1-2,6-11,13-15H2,(H,23,26). The Hall–Kier alpha value is -1.73. The second kappa shape index (κ2) is 9.39. The number of hydrogen-bond donors (Lipinski definition) is 1. The van der Waals surface area contributed by atoms with Crippen molar-refractivity contribution in [1.82, 2.24) is 4.90 Å². The summed E-state index contributed by atoms with van der Waals surface area (Å²) in [5.41, 5.74) is 1.67. The number of anilines is 1. The molecule has 2 amide bonds. The second-order valence-electron chi connectivity index (χ2n) is 8.41. The fourth-order valence-electron chi connectivity index (χ4n) is 4.68. The van der Waals surface area contributed by atoms with Gasteiger partial charge in [0.15, 0.2) is 0 Å². The molecule has 29 heavy (non-hydrogen) atoms. The smallest absolute Gasteiger partial charge is 0.229 e. The third-order valence-electron chi connectivity index (χ3n) is 6.34. The van der Waals surface area contributed by atoms with Crippen molar-refractivity contribution < 1.29 is 18.5 Å². The first-order valence-electron chi connectivity index (χ1n) is 10.7. The van der Waals surface area contributed by atoms with E-state index in [1.165, 1.54) is 12.8 Å². The highest BCUT2D eigenvalue weighted by Gasteiger charge is 2.38. The van der Waals surface area contributed by atoms with Crippen LogP contribution in [0, 0.1) is 5.92 Å². The molecule has 3 aliphatic rings. The van der Waals surface area contributed by atoms with Gasteiger partial charge in [0.25, 0.3) is 0 Å². The molecule has 2 aliphatic heterocycles. The average molecular weight is 419 g/mol. The van der Waals surface area contributed by atoms with Crippen molar-refractivity contribution in [2.75, 3.05) is 25.1 Å². The van der Waals surface area contributed by atoms with E-state index in [0.29, 0.717) is 43.7 Å². The van der Waals surface area contributed by atoms with Crippen LogP contribution in [0.15, 0.2) is 24.3 Å². The third-order valence-corrected chi connectivity index (χ3v) is 8.17. The Morgan fingerprint density at radius 1 is 1.17 bits per heavy atom. The number of amides is 2. The number of hydrogen-bond acceptors (Lipinski definition) is 4. The maximum Gasteiger partial charge on any atom is 0.229 e. The summed E-state index contributed by atoms with van der Waals surface area (Å²) < 4.78 is 18.0. The molecular formula is C22H30N2O4S. The van der Waals surface area contributed by atoms with Gasteiger partial charge in [-0.05, 0) is 43.4 Å². The molecule has 0 spiro atoms. The molecule has 1 saturated carbocycles. The predicted molar refractivity (Wildman–Crippen MR) is 113 cm³/mol. The lowest BCUT2D eigenvalue weighted by molar-refractivity contribution is -0.129. The molecular weight excluding hydrogens is 388 g/mol. The lowest BCUT2D eigenvalue weighted by atomic mass is 10.1. The zero-order valence-electron chi connectivity index (χ0n) is 16.8. The molecule has 2 atom stereocenters. The molecule has 2 heterocycles. The van der Waals surface area contributed by atoms with E-state index < -0.39 is 10.8 Å².